The maximum Gasteiger partial charge on any atom is 0.416 e. The van der Waals surface area contributed by atoms with Gasteiger partial charge in [-0.05, 0) is 42.7 Å². The number of carbonyl (C=O) groups excluding carboxylic acids is 1. The first-order chi connectivity index (χ1) is 16.2. The predicted octanol–water partition coefficient (Wildman–Crippen LogP) is 3.81. The van der Waals surface area contributed by atoms with Crippen LogP contribution in [0.4, 0.5) is 17.6 Å². The lowest BCUT2D eigenvalue weighted by atomic mass is 9.84. The Bertz CT molecular complexity index is 1200. The van der Waals surface area contributed by atoms with E-state index in [1.165, 1.54) is 28.9 Å². The van der Waals surface area contributed by atoms with E-state index < -0.39 is 17.3 Å². The van der Waals surface area contributed by atoms with Crippen molar-refractivity contribution >= 4 is 5.91 Å². The largest absolute Gasteiger partial charge is 0.416 e. The lowest BCUT2D eigenvalue weighted by Crippen LogP contribution is -2.56. The van der Waals surface area contributed by atoms with Crippen LogP contribution in [0.2, 0.25) is 0 Å². The van der Waals surface area contributed by atoms with Crippen molar-refractivity contribution < 1.29 is 22.4 Å². The number of likely N-dealkylation sites (tertiary alicyclic amines) is 1. The molecule has 5 rings (SSSR count). The van der Waals surface area contributed by atoms with Crippen LogP contribution in [-0.2, 0) is 30.5 Å². The van der Waals surface area contributed by atoms with Crippen LogP contribution in [-0.4, -0.2) is 44.2 Å². The molecule has 0 bridgehead atoms. The van der Waals surface area contributed by atoms with Gasteiger partial charge in [0.05, 0.1) is 5.56 Å². The first-order valence-corrected chi connectivity index (χ1v) is 11.1. The minimum atomic E-state index is -4.41. The van der Waals surface area contributed by atoms with E-state index in [9.17, 15) is 22.4 Å². The van der Waals surface area contributed by atoms with Gasteiger partial charge in [0.15, 0.2) is 5.82 Å². The van der Waals surface area contributed by atoms with Crippen molar-refractivity contribution in [2.24, 2.45) is 0 Å². The summed E-state index contributed by atoms with van der Waals surface area (Å²) in [7, 11) is 0. The van der Waals surface area contributed by atoms with E-state index in [0.29, 0.717) is 43.0 Å². The van der Waals surface area contributed by atoms with Gasteiger partial charge in [-0.2, -0.15) is 18.3 Å². The van der Waals surface area contributed by atoms with Gasteiger partial charge in [-0.15, -0.1) is 0 Å². The average Bonchev–Trinajstić information content (AvgIpc) is 3.11. The van der Waals surface area contributed by atoms with Gasteiger partial charge in [-0.3, -0.25) is 9.69 Å². The smallest absolute Gasteiger partial charge is 0.349 e. The third-order valence-electron chi connectivity index (χ3n) is 6.52. The average molecular weight is 473 g/mol. The molecule has 2 aliphatic rings. The van der Waals surface area contributed by atoms with Gasteiger partial charge in [0.1, 0.15) is 18.2 Å². The fourth-order valence-corrected chi connectivity index (χ4v) is 4.71. The second-order valence-electron chi connectivity index (χ2n) is 9.00. The molecule has 1 fully saturated rings. The van der Waals surface area contributed by atoms with E-state index in [2.05, 4.69) is 20.3 Å². The summed E-state index contributed by atoms with van der Waals surface area (Å²) in [4.78, 5) is 19.5. The molecule has 2 aliphatic heterocycles. The normalized spacial score (nSPS) is 18.4. The minimum Gasteiger partial charge on any atom is -0.349 e. The van der Waals surface area contributed by atoms with E-state index in [0.717, 1.165) is 30.8 Å². The van der Waals surface area contributed by atoms with Crippen LogP contribution in [0.25, 0.3) is 11.4 Å². The molecule has 3 heterocycles. The number of amides is 1. The molecule has 3 aromatic rings. The Morgan fingerprint density at radius 1 is 1.06 bits per heavy atom. The molecule has 0 aliphatic carbocycles. The summed E-state index contributed by atoms with van der Waals surface area (Å²) in [6.45, 7) is 2.11. The second kappa shape index (κ2) is 8.50. The van der Waals surface area contributed by atoms with Crippen molar-refractivity contribution in [3.05, 3.63) is 71.3 Å². The van der Waals surface area contributed by atoms with E-state index in [4.69, 9.17) is 0 Å². The number of hydrogen-bond acceptors (Lipinski definition) is 4. The lowest BCUT2D eigenvalue weighted by molar-refractivity contribution is -0.137. The molecule has 0 atom stereocenters. The molecule has 178 valence electrons. The number of aromatic nitrogens is 3. The highest BCUT2D eigenvalue weighted by Gasteiger charge is 2.40. The summed E-state index contributed by atoms with van der Waals surface area (Å²) in [5, 5.41) is 7.55. The Balaban J connectivity index is 1.31. The highest BCUT2D eigenvalue weighted by molar-refractivity contribution is 5.77. The molecule has 1 spiro atoms. The standard InChI is InChI=1S/C24H23F4N5O/c25-19-3-1-2-16(12-19)14-32-10-8-23(9-11-32)13-20-29-22(31-33(20)15-21(34)30-23)17-4-6-18(7-5-17)24(26,27)28/h1-7,12H,8-11,13-15H2,(H,30,34). The van der Waals surface area contributed by atoms with Crippen molar-refractivity contribution in [3.8, 4) is 11.4 Å². The molecule has 0 saturated carbocycles. The van der Waals surface area contributed by atoms with Crippen LogP contribution >= 0.6 is 0 Å². The summed E-state index contributed by atoms with van der Waals surface area (Å²) in [5.74, 6) is 0.510. The third kappa shape index (κ3) is 4.68. The number of nitrogens with one attached hydrogen (secondary N) is 1. The number of nitrogens with zero attached hydrogens (tertiary/aromatic N) is 4. The number of carbonyl (C=O) groups is 1. The maximum atomic E-state index is 13.5. The Kier molecular flexibility index (Phi) is 5.63. The second-order valence-corrected chi connectivity index (χ2v) is 9.00. The zero-order valence-corrected chi connectivity index (χ0v) is 18.3. The summed E-state index contributed by atoms with van der Waals surface area (Å²) < 4.78 is 53.6. The number of halogens is 4. The SMILES string of the molecule is O=C1Cn2nc(-c3ccc(C(F)(F)F)cc3)nc2CC2(CCN(Cc3cccc(F)c3)CC2)N1. The van der Waals surface area contributed by atoms with E-state index in [-0.39, 0.29) is 18.3 Å². The number of fused-ring (bicyclic) bond motifs is 1. The number of alkyl halides is 3. The molecule has 1 amide bonds. The summed E-state index contributed by atoms with van der Waals surface area (Å²) in [6, 6.07) is 11.2. The molecule has 1 N–H and O–H groups in total. The predicted molar refractivity (Wildman–Crippen MR) is 116 cm³/mol. The summed E-state index contributed by atoms with van der Waals surface area (Å²) in [5.41, 5.74) is 0.170. The third-order valence-corrected chi connectivity index (χ3v) is 6.52. The highest BCUT2D eigenvalue weighted by Crippen LogP contribution is 2.32. The summed E-state index contributed by atoms with van der Waals surface area (Å²) >= 11 is 0. The summed E-state index contributed by atoms with van der Waals surface area (Å²) in [6.07, 6.45) is -2.52. The topological polar surface area (TPSA) is 63.1 Å². The van der Waals surface area contributed by atoms with Gasteiger partial charge in [-0.25, -0.2) is 14.1 Å². The van der Waals surface area contributed by atoms with Gasteiger partial charge in [0.25, 0.3) is 0 Å². The fraction of sp³-hybridized carbons (Fsp3) is 0.375. The van der Waals surface area contributed by atoms with E-state index >= 15 is 0 Å². The molecule has 6 nitrogen and oxygen atoms in total. The number of rotatable bonds is 3. The van der Waals surface area contributed by atoms with Crippen LogP contribution in [0, 0.1) is 5.82 Å². The highest BCUT2D eigenvalue weighted by atomic mass is 19.4. The monoisotopic (exact) mass is 473 g/mol. The molecule has 2 aromatic carbocycles. The van der Waals surface area contributed by atoms with Crippen LogP contribution in [0.15, 0.2) is 48.5 Å². The van der Waals surface area contributed by atoms with Crippen molar-refractivity contribution in [2.45, 2.75) is 44.1 Å². The zero-order chi connectivity index (χ0) is 23.9. The van der Waals surface area contributed by atoms with Gasteiger partial charge >= 0.3 is 6.18 Å². The zero-order valence-electron chi connectivity index (χ0n) is 18.3. The Morgan fingerprint density at radius 3 is 2.47 bits per heavy atom. The van der Waals surface area contributed by atoms with Crippen LogP contribution in [0.1, 0.15) is 29.8 Å². The first kappa shape index (κ1) is 22.5. The molecule has 0 radical (unpaired) electrons. The van der Waals surface area contributed by atoms with Crippen LogP contribution in [0.5, 0.6) is 0 Å². The molecule has 1 aromatic heterocycles. The van der Waals surface area contributed by atoms with E-state index in [1.54, 1.807) is 6.07 Å². The molecule has 10 heteroatoms. The Labute approximate surface area is 193 Å². The lowest BCUT2D eigenvalue weighted by Gasteiger charge is -2.41. The van der Waals surface area contributed by atoms with Crippen molar-refractivity contribution in [1.29, 1.82) is 0 Å². The molecule has 34 heavy (non-hydrogen) atoms. The molecule has 1 saturated heterocycles. The number of piperidine rings is 1. The van der Waals surface area contributed by atoms with Crippen molar-refractivity contribution in [3.63, 3.8) is 0 Å². The van der Waals surface area contributed by atoms with Crippen molar-refractivity contribution in [2.75, 3.05) is 13.1 Å². The van der Waals surface area contributed by atoms with Crippen molar-refractivity contribution in [1.82, 2.24) is 25.0 Å². The Morgan fingerprint density at radius 2 is 1.79 bits per heavy atom. The number of benzene rings is 2. The Hall–Kier alpha value is -3.27. The molecular weight excluding hydrogens is 450 g/mol. The van der Waals surface area contributed by atoms with Gasteiger partial charge < -0.3 is 5.32 Å². The fourth-order valence-electron chi connectivity index (χ4n) is 4.71. The van der Waals surface area contributed by atoms with Crippen LogP contribution in [0.3, 0.4) is 0 Å². The van der Waals surface area contributed by atoms with Crippen LogP contribution < -0.4 is 5.32 Å². The van der Waals surface area contributed by atoms with Gasteiger partial charge in [0.2, 0.25) is 5.91 Å². The van der Waals surface area contributed by atoms with E-state index in [1.807, 2.05) is 6.07 Å². The first-order valence-electron chi connectivity index (χ1n) is 11.1. The molecule has 0 unspecified atom stereocenters. The van der Waals surface area contributed by atoms with Gasteiger partial charge in [-0.1, -0.05) is 24.3 Å². The minimum absolute atomic E-state index is 0.0116. The maximum absolute atomic E-state index is 13.5. The quantitative estimate of drug-likeness (QED) is 0.588. The van der Waals surface area contributed by atoms with Gasteiger partial charge in [0, 0.05) is 37.2 Å². The molecular formula is C24H23F4N5O. The number of hydrogen-bond donors (Lipinski definition) is 1.